The van der Waals surface area contributed by atoms with Crippen LogP contribution < -0.4 is 31.4 Å². The van der Waals surface area contributed by atoms with Crippen LogP contribution in [0.1, 0.15) is 27.5 Å². The Balaban J connectivity index is 1.91. The summed E-state index contributed by atoms with van der Waals surface area (Å²) in [5.74, 6) is -2.06. The molecule has 6 N–H and O–H groups in total. The van der Waals surface area contributed by atoms with E-state index in [0.717, 1.165) is 6.07 Å². The maximum Gasteiger partial charge on any atom is 0.272 e. The summed E-state index contributed by atoms with van der Waals surface area (Å²) in [6.07, 6.45) is 2.65. The summed E-state index contributed by atoms with van der Waals surface area (Å²) in [7, 11) is 2.73. The van der Waals surface area contributed by atoms with E-state index in [9.17, 15) is 9.59 Å². The van der Waals surface area contributed by atoms with Crippen molar-refractivity contribution in [3.63, 3.8) is 0 Å². The lowest BCUT2D eigenvalue weighted by Crippen LogP contribution is -2.45. The maximum absolute atomic E-state index is 15.0. The molecule has 3 rings (SSSR count). The Labute approximate surface area is 205 Å². The summed E-state index contributed by atoms with van der Waals surface area (Å²) >= 11 is 5.99. The highest BCUT2D eigenvalue weighted by Crippen LogP contribution is 2.34. The number of carbonyl (C=O) groups is 2. The Bertz CT molecular complexity index is 1260. The number of nitrogens with two attached hydrogens (primary N) is 1. The van der Waals surface area contributed by atoms with Gasteiger partial charge in [0, 0.05) is 35.3 Å². The lowest BCUT2D eigenvalue weighted by Gasteiger charge is -2.22. The number of benzene rings is 2. The van der Waals surface area contributed by atoms with Crippen LogP contribution in [0.15, 0.2) is 54.9 Å². The predicted octanol–water partition coefficient (Wildman–Crippen LogP) is 2.79. The van der Waals surface area contributed by atoms with Gasteiger partial charge in [-0.25, -0.2) is 4.39 Å². The lowest BCUT2D eigenvalue weighted by atomic mass is 10.0. The molecule has 1 unspecified atom stereocenters. The minimum absolute atomic E-state index is 0.0381. The molecule has 0 aliphatic rings. The summed E-state index contributed by atoms with van der Waals surface area (Å²) in [4.78, 5) is 29.4. The molecule has 2 amide bonds. The Morgan fingerprint density at radius 1 is 1.09 bits per heavy atom. The van der Waals surface area contributed by atoms with Crippen LogP contribution in [0.25, 0.3) is 0 Å². The molecule has 10 nitrogen and oxygen atoms in total. The fourth-order valence-electron chi connectivity index (χ4n) is 3.09. The van der Waals surface area contributed by atoms with Gasteiger partial charge in [0.05, 0.1) is 24.8 Å². The first-order valence-electron chi connectivity index (χ1n) is 10.1. The Morgan fingerprint density at radius 2 is 1.74 bits per heavy atom. The number of rotatable bonds is 8. The molecule has 12 heteroatoms. The number of methoxy groups -OCH3 is 2. The molecule has 0 aliphatic heterocycles. The molecule has 0 bridgehead atoms. The first-order chi connectivity index (χ1) is 16.7. The number of amidine groups is 1. The van der Waals surface area contributed by atoms with E-state index in [-0.39, 0.29) is 33.5 Å². The smallest absolute Gasteiger partial charge is 0.272 e. The number of hydrogen-bond donors (Lipinski definition) is 5. The Hall–Kier alpha value is -4.38. The molecule has 2 aromatic carbocycles. The van der Waals surface area contributed by atoms with Crippen LogP contribution in [-0.2, 0) is 4.79 Å². The molecule has 0 radical (unpaired) electrons. The van der Waals surface area contributed by atoms with Gasteiger partial charge in [-0.3, -0.25) is 30.8 Å². The monoisotopic (exact) mass is 500 g/mol. The molecule has 0 aliphatic carbocycles. The second kappa shape index (κ2) is 11.2. The molecular weight excluding hydrogens is 479 g/mol. The maximum atomic E-state index is 15.0. The number of pyridine rings is 1. The Kier molecular flexibility index (Phi) is 8.05. The summed E-state index contributed by atoms with van der Waals surface area (Å²) in [6.45, 7) is 0. The molecule has 0 spiro atoms. The van der Waals surface area contributed by atoms with Crippen molar-refractivity contribution in [2.45, 2.75) is 6.04 Å². The van der Waals surface area contributed by atoms with E-state index in [0.29, 0.717) is 11.3 Å². The summed E-state index contributed by atoms with van der Waals surface area (Å²) in [5, 5.41) is 10.6. The van der Waals surface area contributed by atoms with Crippen molar-refractivity contribution in [2.75, 3.05) is 19.5 Å². The number of halogens is 2. The molecule has 0 saturated carbocycles. The fourth-order valence-corrected chi connectivity index (χ4v) is 3.28. The topological polar surface area (TPSA) is 151 Å². The van der Waals surface area contributed by atoms with Gasteiger partial charge in [0.25, 0.3) is 11.8 Å². The van der Waals surface area contributed by atoms with E-state index in [1.54, 1.807) is 24.3 Å². The first kappa shape index (κ1) is 25.2. The van der Waals surface area contributed by atoms with E-state index in [1.165, 1.54) is 38.7 Å². The van der Waals surface area contributed by atoms with Gasteiger partial charge in [-0.15, -0.1) is 0 Å². The summed E-state index contributed by atoms with van der Waals surface area (Å²) in [5.41, 5.74) is 10.8. The zero-order valence-electron chi connectivity index (χ0n) is 18.7. The third-order valence-electron chi connectivity index (χ3n) is 4.89. The van der Waals surface area contributed by atoms with Crippen LogP contribution in [0.5, 0.6) is 11.5 Å². The number of nitrogens with one attached hydrogen (secondary N) is 4. The van der Waals surface area contributed by atoms with Crippen LogP contribution in [0.3, 0.4) is 0 Å². The highest BCUT2D eigenvalue weighted by Gasteiger charge is 2.27. The third-order valence-corrected chi connectivity index (χ3v) is 5.22. The molecule has 182 valence electrons. The van der Waals surface area contributed by atoms with Gasteiger partial charge in [0.1, 0.15) is 17.7 Å². The normalized spacial score (nSPS) is 11.2. The summed E-state index contributed by atoms with van der Waals surface area (Å²) < 4.78 is 25.4. The molecule has 0 fully saturated rings. The number of ether oxygens (including phenoxy) is 2. The van der Waals surface area contributed by atoms with Crippen molar-refractivity contribution in [3.05, 3.63) is 82.4 Å². The average Bonchev–Trinajstić information content (AvgIpc) is 2.86. The number of amides is 2. The fraction of sp³-hybridized carbons (Fsp3) is 0.130. The van der Waals surface area contributed by atoms with E-state index in [4.69, 9.17) is 32.2 Å². The van der Waals surface area contributed by atoms with Gasteiger partial charge in [-0.05, 0) is 36.4 Å². The van der Waals surface area contributed by atoms with Gasteiger partial charge in [0.15, 0.2) is 11.5 Å². The van der Waals surface area contributed by atoms with Crippen LogP contribution in [-0.4, -0.2) is 36.9 Å². The number of nitrogens with zero attached hydrogens (tertiary/aromatic N) is 1. The number of anilines is 1. The lowest BCUT2D eigenvalue weighted by molar-refractivity contribution is -0.122. The van der Waals surface area contributed by atoms with Crippen molar-refractivity contribution >= 4 is 34.9 Å². The number of hydrazine groups is 1. The number of aromatic nitrogens is 1. The second-order valence-corrected chi connectivity index (χ2v) is 7.50. The largest absolute Gasteiger partial charge is 0.493 e. The van der Waals surface area contributed by atoms with Crippen LogP contribution in [0, 0.1) is 11.2 Å². The average molecular weight is 501 g/mol. The number of carbonyl (C=O) groups excluding carboxylic acids is 2. The molecule has 1 aromatic heterocycles. The van der Waals surface area contributed by atoms with Crippen molar-refractivity contribution in [1.29, 1.82) is 5.41 Å². The van der Waals surface area contributed by atoms with Crippen molar-refractivity contribution in [1.82, 2.24) is 15.8 Å². The minimum atomic E-state index is -1.32. The van der Waals surface area contributed by atoms with Crippen molar-refractivity contribution in [3.8, 4) is 11.5 Å². The molecular formula is C23H22ClFN6O4. The van der Waals surface area contributed by atoms with Crippen LogP contribution >= 0.6 is 11.6 Å². The summed E-state index contributed by atoms with van der Waals surface area (Å²) in [6, 6.07) is 8.79. The van der Waals surface area contributed by atoms with Gasteiger partial charge in [0.2, 0.25) is 0 Å². The minimum Gasteiger partial charge on any atom is -0.493 e. The van der Waals surface area contributed by atoms with Crippen LogP contribution in [0.2, 0.25) is 5.02 Å². The van der Waals surface area contributed by atoms with Crippen LogP contribution in [0.4, 0.5) is 10.1 Å². The standard InChI is InChI=1S/C23H22ClFN6O4/c1-34-18-9-14(17(25)10-19(18)35-2)20(29-13-5-3-12(4-6-13)21(26)27)23(33)31-30-22(32)15-11-28-8-7-16(15)24/h3-11,20,29H,1-2H3,(H3,26,27)(H,30,32)(H,31,33). The van der Waals surface area contributed by atoms with E-state index in [2.05, 4.69) is 21.2 Å². The van der Waals surface area contributed by atoms with E-state index in [1.807, 2.05) is 0 Å². The quantitative estimate of drug-likeness (QED) is 0.181. The van der Waals surface area contributed by atoms with Gasteiger partial charge >= 0.3 is 0 Å². The number of nitrogen functional groups attached to an aromatic ring is 1. The van der Waals surface area contributed by atoms with Crippen molar-refractivity contribution in [2.24, 2.45) is 5.73 Å². The van der Waals surface area contributed by atoms with E-state index < -0.39 is 23.7 Å². The van der Waals surface area contributed by atoms with Gasteiger partial charge in [-0.1, -0.05) is 11.6 Å². The highest BCUT2D eigenvalue weighted by molar-refractivity contribution is 6.33. The van der Waals surface area contributed by atoms with Crippen molar-refractivity contribution < 1.29 is 23.5 Å². The predicted molar refractivity (Wildman–Crippen MR) is 128 cm³/mol. The molecule has 0 saturated heterocycles. The van der Waals surface area contributed by atoms with E-state index >= 15 is 4.39 Å². The SMILES string of the molecule is COc1cc(F)c(C(Nc2ccc(C(=N)N)cc2)C(=O)NNC(=O)c2cnccc2Cl)cc1OC. The molecule has 35 heavy (non-hydrogen) atoms. The van der Waals surface area contributed by atoms with Gasteiger partial charge < -0.3 is 20.5 Å². The zero-order valence-corrected chi connectivity index (χ0v) is 19.4. The molecule has 1 heterocycles. The first-order valence-corrected chi connectivity index (χ1v) is 10.4. The zero-order chi connectivity index (χ0) is 25.5. The molecule has 1 atom stereocenters. The highest BCUT2D eigenvalue weighted by atomic mass is 35.5. The Morgan fingerprint density at radius 3 is 2.34 bits per heavy atom. The van der Waals surface area contributed by atoms with Gasteiger partial charge in [-0.2, -0.15) is 0 Å². The third kappa shape index (κ3) is 5.95. The second-order valence-electron chi connectivity index (χ2n) is 7.10. The number of hydrogen-bond acceptors (Lipinski definition) is 7. The molecule has 3 aromatic rings.